The van der Waals surface area contributed by atoms with E-state index in [1.54, 1.807) is 0 Å². The van der Waals surface area contributed by atoms with Crippen molar-refractivity contribution in [1.29, 1.82) is 0 Å². The van der Waals surface area contributed by atoms with E-state index < -0.39 is 20.5 Å². The lowest BCUT2D eigenvalue weighted by atomic mass is 9.89. The normalized spacial score (nSPS) is 13.5. The Kier molecular flexibility index (Phi) is 5.16. The van der Waals surface area contributed by atoms with Gasteiger partial charge in [0.1, 0.15) is 4.75 Å². The summed E-state index contributed by atoms with van der Waals surface area (Å²) < 4.78 is 21.5. The Bertz CT molecular complexity index is 372. The Labute approximate surface area is 104 Å². The molecule has 0 fully saturated rings. The first-order valence-electron chi connectivity index (χ1n) is 5.62. The van der Waals surface area contributed by atoms with E-state index in [9.17, 15) is 13.2 Å². The van der Waals surface area contributed by atoms with Crippen LogP contribution in [0.25, 0.3) is 0 Å². The van der Waals surface area contributed by atoms with Gasteiger partial charge >= 0.3 is 0 Å². The molecule has 1 amide bonds. The minimum Gasteiger partial charge on any atom is -0.354 e. The lowest BCUT2D eigenvalue weighted by molar-refractivity contribution is -0.123. The fraction of sp³-hybridized carbons (Fsp3) is 0.909. The van der Waals surface area contributed by atoms with Crippen LogP contribution in [0, 0.1) is 5.41 Å². The van der Waals surface area contributed by atoms with Crippen LogP contribution in [0.4, 0.5) is 0 Å². The van der Waals surface area contributed by atoms with Gasteiger partial charge in [-0.25, -0.2) is 8.42 Å². The summed E-state index contributed by atoms with van der Waals surface area (Å²) >= 11 is 0. The molecular formula is C11H24N2O3S. The highest BCUT2D eigenvalue weighted by atomic mass is 32.2. The van der Waals surface area contributed by atoms with Crippen LogP contribution in [0.2, 0.25) is 0 Å². The van der Waals surface area contributed by atoms with Crippen molar-refractivity contribution in [1.82, 2.24) is 5.32 Å². The standard InChI is InChI=1S/C11H24N2O3S/c1-10(2,6-7-12)8-13-9(14)11(3,4)17(5,15)16/h6-8,12H2,1-5H3,(H,13,14). The summed E-state index contributed by atoms with van der Waals surface area (Å²) in [5.74, 6) is -0.468. The maximum atomic E-state index is 11.8. The molecule has 0 rings (SSSR count). The summed E-state index contributed by atoms with van der Waals surface area (Å²) in [6, 6.07) is 0. The van der Waals surface area contributed by atoms with E-state index in [0.717, 1.165) is 12.7 Å². The molecule has 0 unspecified atom stereocenters. The second-order valence-corrected chi connectivity index (χ2v) is 8.23. The first-order chi connectivity index (χ1) is 7.44. The molecule has 102 valence electrons. The summed E-state index contributed by atoms with van der Waals surface area (Å²) in [5, 5.41) is 2.68. The quantitative estimate of drug-likeness (QED) is 0.722. The van der Waals surface area contributed by atoms with E-state index in [4.69, 9.17) is 5.73 Å². The van der Waals surface area contributed by atoms with E-state index in [-0.39, 0.29) is 5.41 Å². The maximum absolute atomic E-state index is 11.8. The van der Waals surface area contributed by atoms with E-state index in [2.05, 4.69) is 5.32 Å². The van der Waals surface area contributed by atoms with Crippen LogP contribution in [0.5, 0.6) is 0 Å². The van der Waals surface area contributed by atoms with Crippen molar-refractivity contribution in [2.45, 2.75) is 38.9 Å². The van der Waals surface area contributed by atoms with Gasteiger partial charge in [0, 0.05) is 12.8 Å². The average molecular weight is 264 g/mol. The zero-order chi connectivity index (χ0) is 13.9. The molecule has 0 aromatic heterocycles. The Hall–Kier alpha value is -0.620. The maximum Gasteiger partial charge on any atom is 0.240 e. The van der Waals surface area contributed by atoms with Crippen LogP contribution in [0.3, 0.4) is 0 Å². The number of nitrogens with two attached hydrogens (primary N) is 1. The summed E-state index contributed by atoms with van der Waals surface area (Å²) in [7, 11) is -3.42. The molecular weight excluding hydrogens is 240 g/mol. The lowest BCUT2D eigenvalue weighted by Crippen LogP contribution is -2.49. The van der Waals surface area contributed by atoms with Crippen molar-refractivity contribution in [2.24, 2.45) is 11.1 Å². The van der Waals surface area contributed by atoms with E-state index >= 15 is 0 Å². The van der Waals surface area contributed by atoms with Crippen molar-refractivity contribution >= 4 is 15.7 Å². The van der Waals surface area contributed by atoms with Crippen molar-refractivity contribution in [3.8, 4) is 0 Å². The average Bonchev–Trinajstić information content (AvgIpc) is 2.12. The number of rotatable bonds is 6. The molecule has 0 aliphatic rings. The molecule has 0 saturated carbocycles. The molecule has 0 heterocycles. The Balaban J connectivity index is 4.59. The second-order valence-electron chi connectivity index (χ2n) is 5.67. The highest BCUT2D eigenvalue weighted by Crippen LogP contribution is 2.19. The summed E-state index contributed by atoms with van der Waals surface area (Å²) in [6.45, 7) is 7.74. The number of amides is 1. The van der Waals surface area contributed by atoms with E-state index in [0.29, 0.717) is 13.1 Å². The summed E-state index contributed by atoms with van der Waals surface area (Å²) in [5.41, 5.74) is 5.34. The molecule has 0 atom stereocenters. The first-order valence-corrected chi connectivity index (χ1v) is 7.51. The highest BCUT2D eigenvalue weighted by molar-refractivity contribution is 7.92. The number of sulfone groups is 1. The van der Waals surface area contributed by atoms with Crippen molar-refractivity contribution in [3.63, 3.8) is 0 Å². The monoisotopic (exact) mass is 264 g/mol. The number of carbonyl (C=O) groups excluding carboxylic acids is 1. The molecule has 0 bridgehead atoms. The SMILES string of the molecule is CC(C)(CCN)CNC(=O)C(C)(C)S(C)(=O)=O. The third kappa shape index (κ3) is 4.63. The molecule has 6 heteroatoms. The van der Waals surface area contributed by atoms with Gasteiger partial charge in [-0.1, -0.05) is 13.8 Å². The Morgan fingerprint density at radius 1 is 1.24 bits per heavy atom. The minimum absolute atomic E-state index is 0.127. The second kappa shape index (κ2) is 5.35. The van der Waals surface area contributed by atoms with Crippen molar-refractivity contribution in [3.05, 3.63) is 0 Å². The number of hydrogen-bond acceptors (Lipinski definition) is 4. The van der Waals surface area contributed by atoms with Gasteiger partial charge in [0.15, 0.2) is 9.84 Å². The first kappa shape index (κ1) is 16.4. The molecule has 0 aromatic rings. The third-order valence-corrected chi connectivity index (χ3v) is 5.06. The lowest BCUT2D eigenvalue weighted by Gasteiger charge is -2.27. The van der Waals surface area contributed by atoms with Crippen LogP contribution < -0.4 is 11.1 Å². The number of carbonyl (C=O) groups is 1. The summed E-state index contributed by atoms with van der Waals surface area (Å²) in [4.78, 5) is 11.8. The largest absolute Gasteiger partial charge is 0.354 e. The topological polar surface area (TPSA) is 89.3 Å². The third-order valence-electron chi connectivity index (χ3n) is 3.02. The zero-order valence-electron chi connectivity index (χ0n) is 11.3. The smallest absolute Gasteiger partial charge is 0.240 e. The van der Waals surface area contributed by atoms with Gasteiger partial charge in [0.25, 0.3) is 0 Å². The van der Waals surface area contributed by atoms with Gasteiger partial charge in [-0.05, 0) is 32.2 Å². The predicted molar refractivity (Wildman–Crippen MR) is 69.4 cm³/mol. The molecule has 17 heavy (non-hydrogen) atoms. The zero-order valence-corrected chi connectivity index (χ0v) is 12.1. The molecule has 0 spiro atoms. The van der Waals surface area contributed by atoms with Gasteiger partial charge < -0.3 is 11.1 Å². The molecule has 0 aliphatic heterocycles. The molecule has 0 radical (unpaired) electrons. The molecule has 0 saturated heterocycles. The van der Waals surface area contributed by atoms with Crippen molar-refractivity contribution in [2.75, 3.05) is 19.3 Å². The van der Waals surface area contributed by atoms with Gasteiger partial charge in [-0.3, -0.25) is 4.79 Å². The van der Waals surface area contributed by atoms with Gasteiger partial charge in [-0.15, -0.1) is 0 Å². The molecule has 0 aromatic carbocycles. The Morgan fingerprint density at radius 3 is 2.06 bits per heavy atom. The van der Waals surface area contributed by atoms with E-state index in [1.807, 2.05) is 13.8 Å². The summed E-state index contributed by atoms with van der Waals surface area (Å²) in [6.07, 6.45) is 1.84. The predicted octanol–water partition coefficient (Wildman–Crippen LogP) is 0.301. The van der Waals surface area contributed by atoms with Crippen LogP contribution in [-0.4, -0.2) is 38.4 Å². The molecule has 0 aliphatic carbocycles. The van der Waals surface area contributed by atoms with Crippen LogP contribution in [-0.2, 0) is 14.6 Å². The van der Waals surface area contributed by atoms with Gasteiger partial charge in [-0.2, -0.15) is 0 Å². The number of hydrogen-bond donors (Lipinski definition) is 2. The van der Waals surface area contributed by atoms with Gasteiger partial charge in [0.05, 0.1) is 0 Å². The Morgan fingerprint density at radius 2 is 1.71 bits per heavy atom. The molecule has 5 nitrogen and oxygen atoms in total. The van der Waals surface area contributed by atoms with Gasteiger partial charge in [0.2, 0.25) is 5.91 Å². The minimum atomic E-state index is -3.42. The van der Waals surface area contributed by atoms with Crippen LogP contribution in [0.15, 0.2) is 0 Å². The molecule has 3 N–H and O–H groups in total. The fourth-order valence-corrected chi connectivity index (χ4v) is 1.59. The number of nitrogens with one attached hydrogen (secondary N) is 1. The van der Waals surface area contributed by atoms with E-state index in [1.165, 1.54) is 13.8 Å². The highest BCUT2D eigenvalue weighted by Gasteiger charge is 2.38. The van der Waals surface area contributed by atoms with Crippen LogP contribution >= 0.6 is 0 Å². The van der Waals surface area contributed by atoms with Crippen molar-refractivity contribution < 1.29 is 13.2 Å². The fourth-order valence-electron chi connectivity index (χ4n) is 1.18. The van der Waals surface area contributed by atoms with Crippen LogP contribution in [0.1, 0.15) is 34.1 Å².